The van der Waals surface area contributed by atoms with Crippen molar-refractivity contribution in [3.05, 3.63) is 47.5 Å². The lowest BCUT2D eigenvalue weighted by atomic mass is 9.96. The number of rotatable bonds is 8. The van der Waals surface area contributed by atoms with Gasteiger partial charge in [-0.15, -0.1) is 0 Å². The number of hydrogen-bond acceptors (Lipinski definition) is 5. The molecule has 0 fully saturated rings. The molecule has 0 aliphatic heterocycles. The summed E-state index contributed by atoms with van der Waals surface area (Å²) in [7, 11) is 4.41. The summed E-state index contributed by atoms with van der Waals surface area (Å²) in [5.74, 6) is -0.307. The number of hydrogen-bond donors (Lipinski definition) is 2. The molecule has 1 unspecified atom stereocenters. The molecule has 0 radical (unpaired) electrons. The van der Waals surface area contributed by atoms with Crippen LogP contribution in [-0.2, 0) is 4.79 Å². The standard InChI is InChI=1S/C20H23NO6/c1-12(14-7-5-6-8-16(14)25-2)9-18(22)21-15-10-13(20(23)24)11-17(26-3)19(15)27-4/h5-8,10-12H,9H2,1-4H3,(H,21,22)(H,23,24). The van der Waals surface area contributed by atoms with Crippen LogP contribution in [0.5, 0.6) is 17.2 Å². The van der Waals surface area contributed by atoms with Crippen molar-refractivity contribution in [2.45, 2.75) is 19.3 Å². The minimum Gasteiger partial charge on any atom is -0.496 e. The van der Waals surface area contributed by atoms with E-state index in [0.29, 0.717) is 5.75 Å². The topological polar surface area (TPSA) is 94.1 Å². The van der Waals surface area contributed by atoms with Gasteiger partial charge < -0.3 is 24.6 Å². The molecule has 0 aliphatic carbocycles. The lowest BCUT2D eigenvalue weighted by molar-refractivity contribution is -0.116. The summed E-state index contributed by atoms with van der Waals surface area (Å²) in [6.07, 6.45) is 0.184. The second-order valence-electron chi connectivity index (χ2n) is 5.96. The first kappa shape index (κ1) is 20.1. The number of benzene rings is 2. The van der Waals surface area contributed by atoms with Gasteiger partial charge >= 0.3 is 5.97 Å². The molecule has 2 N–H and O–H groups in total. The highest BCUT2D eigenvalue weighted by Crippen LogP contribution is 2.37. The smallest absolute Gasteiger partial charge is 0.335 e. The fraction of sp³-hybridized carbons (Fsp3) is 0.300. The molecule has 7 nitrogen and oxygen atoms in total. The molecule has 2 aromatic rings. The first-order chi connectivity index (χ1) is 12.9. The van der Waals surface area contributed by atoms with Gasteiger partial charge in [0.2, 0.25) is 5.91 Å². The van der Waals surface area contributed by atoms with Gasteiger partial charge in [0.15, 0.2) is 11.5 Å². The molecule has 2 aromatic carbocycles. The van der Waals surface area contributed by atoms with Crippen molar-refractivity contribution < 1.29 is 28.9 Å². The third-order valence-electron chi connectivity index (χ3n) is 4.16. The number of para-hydroxylation sites is 1. The van der Waals surface area contributed by atoms with E-state index >= 15 is 0 Å². The molecule has 0 heterocycles. The molecule has 27 heavy (non-hydrogen) atoms. The van der Waals surface area contributed by atoms with Crippen molar-refractivity contribution >= 4 is 17.6 Å². The van der Waals surface area contributed by atoms with Crippen LogP contribution in [0.2, 0.25) is 0 Å². The van der Waals surface area contributed by atoms with Gasteiger partial charge in [0.05, 0.1) is 32.6 Å². The Kier molecular flexibility index (Phi) is 6.65. The third kappa shape index (κ3) is 4.69. The van der Waals surface area contributed by atoms with E-state index in [1.165, 1.54) is 26.4 Å². The molecule has 0 spiro atoms. The molecule has 7 heteroatoms. The number of carbonyl (C=O) groups is 2. The zero-order valence-electron chi connectivity index (χ0n) is 15.7. The number of aromatic carboxylic acids is 1. The van der Waals surface area contributed by atoms with Crippen molar-refractivity contribution in [3.8, 4) is 17.2 Å². The Morgan fingerprint density at radius 2 is 1.70 bits per heavy atom. The lowest BCUT2D eigenvalue weighted by Gasteiger charge is -2.17. The summed E-state index contributed by atoms with van der Waals surface area (Å²) >= 11 is 0. The van der Waals surface area contributed by atoms with E-state index in [2.05, 4.69) is 5.32 Å². The molecule has 1 amide bonds. The summed E-state index contributed by atoms with van der Waals surface area (Å²) in [6, 6.07) is 10.2. The van der Waals surface area contributed by atoms with E-state index in [1.54, 1.807) is 7.11 Å². The van der Waals surface area contributed by atoms with Gasteiger partial charge in [0.1, 0.15) is 5.75 Å². The molecule has 0 aliphatic rings. The number of carboxylic acids is 1. The highest BCUT2D eigenvalue weighted by molar-refractivity contribution is 5.97. The van der Waals surface area contributed by atoms with E-state index in [1.807, 2.05) is 31.2 Å². The van der Waals surface area contributed by atoms with Crippen LogP contribution in [0.1, 0.15) is 35.2 Å². The van der Waals surface area contributed by atoms with Crippen molar-refractivity contribution in [3.63, 3.8) is 0 Å². The Balaban J connectivity index is 2.24. The van der Waals surface area contributed by atoms with Crippen LogP contribution >= 0.6 is 0 Å². The number of anilines is 1. The number of ether oxygens (including phenoxy) is 3. The van der Waals surface area contributed by atoms with E-state index in [-0.39, 0.29) is 41.0 Å². The van der Waals surface area contributed by atoms with Crippen molar-refractivity contribution in [2.75, 3.05) is 26.6 Å². The van der Waals surface area contributed by atoms with Gasteiger partial charge in [0.25, 0.3) is 0 Å². The van der Waals surface area contributed by atoms with E-state index < -0.39 is 5.97 Å². The molecule has 2 rings (SSSR count). The maximum Gasteiger partial charge on any atom is 0.335 e. The highest BCUT2D eigenvalue weighted by Gasteiger charge is 2.20. The van der Waals surface area contributed by atoms with Crippen LogP contribution < -0.4 is 19.5 Å². The van der Waals surface area contributed by atoms with Crippen molar-refractivity contribution in [2.24, 2.45) is 0 Å². The number of methoxy groups -OCH3 is 3. The average Bonchev–Trinajstić information content (AvgIpc) is 2.66. The zero-order chi connectivity index (χ0) is 20.0. The molecule has 1 atom stereocenters. The predicted molar refractivity (Wildman–Crippen MR) is 101 cm³/mol. The van der Waals surface area contributed by atoms with Gasteiger partial charge in [-0.05, 0) is 29.7 Å². The van der Waals surface area contributed by atoms with Crippen LogP contribution in [0.4, 0.5) is 5.69 Å². The average molecular weight is 373 g/mol. The Hall–Kier alpha value is -3.22. The monoisotopic (exact) mass is 373 g/mol. The first-order valence-electron chi connectivity index (χ1n) is 8.33. The summed E-state index contributed by atoms with van der Waals surface area (Å²) in [5.41, 5.74) is 1.14. The SMILES string of the molecule is COc1ccccc1C(C)CC(=O)Nc1cc(C(=O)O)cc(OC)c1OC. The van der Waals surface area contributed by atoms with Gasteiger partial charge in [0, 0.05) is 6.42 Å². The lowest BCUT2D eigenvalue weighted by Crippen LogP contribution is -2.16. The Bertz CT molecular complexity index is 833. The molecule has 0 aromatic heterocycles. The van der Waals surface area contributed by atoms with Crippen molar-refractivity contribution in [1.29, 1.82) is 0 Å². The zero-order valence-corrected chi connectivity index (χ0v) is 15.7. The molecule has 0 bridgehead atoms. The fourth-order valence-corrected chi connectivity index (χ4v) is 2.84. The van der Waals surface area contributed by atoms with Gasteiger partial charge in [-0.1, -0.05) is 25.1 Å². The van der Waals surface area contributed by atoms with E-state index in [9.17, 15) is 14.7 Å². The summed E-state index contributed by atoms with van der Waals surface area (Å²) in [5, 5.41) is 12.0. The number of carboxylic acid groups (broad SMARTS) is 1. The Labute approximate surface area is 157 Å². The number of amides is 1. The molecular formula is C20H23NO6. The second kappa shape index (κ2) is 8.93. The Morgan fingerprint density at radius 1 is 1.04 bits per heavy atom. The summed E-state index contributed by atoms with van der Waals surface area (Å²) in [4.78, 5) is 23.9. The maximum absolute atomic E-state index is 12.5. The first-order valence-corrected chi connectivity index (χ1v) is 8.33. The summed E-state index contributed by atoms with van der Waals surface area (Å²) in [6.45, 7) is 1.92. The quantitative estimate of drug-likeness (QED) is 0.735. The fourth-order valence-electron chi connectivity index (χ4n) is 2.84. The predicted octanol–water partition coefficient (Wildman–Crippen LogP) is 3.54. The highest BCUT2D eigenvalue weighted by atomic mass is 16.5. The molecule has 0 saturated carbocycles. The van der Waals surface area contributed by atoms with Crippen LogP contribution in [-0.4, -0.2) is 38.3 Å². The van der Waals surface area contributed by atoms with Gasteiger partial charge in [-0.3, -0.25) is 4.79 Å². The largest absolute Gasteiger partial charge is 0.496 e. The number of nitrogens with one attached hydrogen (secondary N) is 1. The van der Waals surface area contributed by atoms with Crippen molar-refractivity contribution in [1.82, 2.24) is 0 Å². The minimum atomic E-state index is -1.13. The van der Waals surface area contributed by atoms with Gasteiger partial charge in [-0.25, -0.2) is 4.79 Å². The molecule has 144 valence electrons. The van der Waals surface area contributed by atoms with E-state index in [4.69, 9.17) is 14.2 Å². The minimum absolute atomic E-state index is 0.0132. The second-order valence-corrected chi connectivity index (χ2v) is 5.96. The van der Waals surface area contributed by atoms with E-state index in [0.717, 1.165) is 5.56 Å². The molecule has 0 saturated heterocycles. The Morgan fingerprint density at radius 3 is 2.30 bits per heavy atom. The summed E-state index contributed by atoms with van der Waals surface area (Å²) < 4.78 is 15.8. The van der Waals surface area contributed by atoms with Crippen LogP contribution in [0.25, 0.3) is 0 Å². The van der Waals surface area contributed by atoms with Crippen LogP contribution in [0.3, 0.4) is 0 Å². The van der Waals surface area contributed by atoms with Crippen LogP contribution in [0, 0.1) is 0 Å². The maximum atomic E-state index is 12.5. The van der Waals surface area contributed by atoms with Crippen LogP contribution in [0.15, 0.2) is 36.4 Å². The van der Waals surface area contributed by atoms with Gasteiger partial charge in [-0.2, -0.15) is 0 Å². The third-order valence-corrected chi connectivity index (χ3v) is 4.16. The number of carbonyl (C=O) groups excluding carboxylic acids is 1. The normalized spacial score (nSPS) is 11.4. The molecular weight excluding hydrogens is 350 g/mol.